The van der Waals surface area contributed by atoms with Crippen molar-refractivity contribution in [3.8, 4) is 5.75 Å². The molecule has 2 rings (SSSR count). The molecule has 0 bridgehead atoms. The summed E-state index contributed by atoms with van der Waals surface area (Å²) in [6.07, 6.45) is 1.50. The lowest BCUT2D eigenvalue weighted by Crippen LogP contribution is -2.11. The molecule has 0 fully saturated rings. The van der Waals surface area contributed by atoms with Crippen LogP contribution in [0.25, 0.3) is 0 Å². The minimum atomic E-state index is -0.385. The zero-order valence-electron chi connectivity index (χ0n) is 13.0. The Bertz CT molecular complexity index is 657. The Morgan fingerprint density at radius 1 is 1.29 bits per heavy atom. The zero-order chi connectivity index (χ0) is 15.6. The molecule has 21 heavy (non-hydrogen) atoms. The first-order valence-electron chi connectivity index (χ1n) is 6.76. The summed E-state index contributed by atoms with van der Waals surface area (Å²) in [6.45, 7) is 6.16. The molecule has 0 N–H and O–H groups in total. The van der Waals surface area contributed by atoms with Crippen LogP contribution in [0.15, 0.2) is 6.20 Å². The van der Waals surface area contributed by atoms with Gasteiger partial charge in [0.05, 0.1) is 24.2 Å². The fraction of sp³-hybridized carbons (Fsp3) is 0.500. The van der Waals surface area contributed by atoms with Crippen LogP contribution in [0.1, 0.15) is 34.4 Å². The Morgan fingerprint density at radius 3 is 2.57 bits per heavy atom. The number of carbonyl (C=O) groups excluding carboxylic acids is 1. The highest BCUT2D eigenvalue weighted by Gasteiger charge is 2.19. The smallest absolute Gasteiger partial charge is 0.341 e. The second kappa shape index (κ2) is 5.99. The van der Waals surface area contributed by atoms with E-state index < -0.39 is 0 Å². The van der Waals surface area contributed by atoms with E-state index in [4.69, 9.17) is 9.47 Å². The average Bonchev–Trinajstić information content (AvgIpc) is 2.90. The van der Waals surface area contributed by atoms with Crippen LogP contribution in [0, 0.1) is 13.8 Å². The number of rotatable bonds is 5. The van der Waals surface area contributed by atoms with Crippen molar-refractivity contribution in [2.45, 2.75) is 27.4 Å². The highest BCUT2D eigenvalue weighted by Crippen LogP contribution is 2.23. The van der Waals surface area contributed by atoms with Crippen LogP contribution in [0.3, 0.4) is 0 Å². The lowest BCUT2D eigenvalue weighted by Gasteiger charge is -2.09. The Labute approximate surface area is 123 Å². The molecule has 0 aromatic carbocycles. The normalized spacial score (nSPS) is 10.7. The van der Waals surface area contributed by atoms with Crippen molar-refractivity contribution in [3.63, 3.8) is 0 Å². The van der Waals surface area contributed by atoms with Crippen LogP contribution in [-0.2, 0) is 25.4 Å². The summed E-state index contributed by atoms with van der Waals surface area (Å²) >= 11 is 0. The molecule has 2 aromatic heterocycles. The molecule has 2 heterocycles. The maximum Gasteiger partial charge on any atom is 0.341 e. The average molecular weight is 292 g/mol. The molecule has 114 valence electrons. The third-order valence-electron chi connectivity index (χ3n) is 3.35. The Morgan fingerprint density at radius 2 is 2.00 bits per heavy atom. The molecular formula is C14H20N4O3. The summed E-state index contributed by atoms with van der Waals surface area (Å²) in [6, 6.07) is 0. The largest absolute Gasteiger partial charge is 0.483 e. The van der Waals surface area contributed by atoms with E-state index in [1.807, 2.05) is 20.9 Å². The van der Waals surface area contributed by atoms with Gasteiger partial charge in [-0.1, -0.05) is 0 Å². The lowest BCUT2D eigenvalue weighted by atomic mass is 10.2. The molecule has 0 spiro atoms. The number of hydrogen-bond donors (Lipinski definition) is 0. The highest BCUT2D eigenvalue weighted by atomic mass is 16.5. The van der Waals surface area contributed by atoms with Gasteiger partial charge in [-0.05, 0) is 20.8 Å². The van der Waals surface area contributed by atoms with Crippen LogP contribution in [-0.4, -0.2) is 32.1 Å². The van der Waals surface area contributed by atoms with Gasteiger partial charge in [0.2, 0.25) is 0 Å². The number of esters is 1. The summed E-state index contributed by atoms with van der Waals surface area (Å²) in [5.74, 6) is 0.345. The van der Waals surface area contributed by atoms with Crippen LogP contribution >= 0.6 is 0 Å². The maximum atomic E-state index is 11.9. The Balaban J connectivity index is 2.20. The van der Waals surface area contributed by atoms with Gasteiger partial charge in [-0.3, -0.25) is 9.36 Å². The maximum absolute atomic E-state index is 11.9. The standard InChI is InChI=1S/C14H20N4O3/c1-6-20-14(19)11-7-15-18(5)12(11)8-21-13-9(2)16-17(4)10(13)3/h7H,6,8H2,1-5H3. The van der Waals surface area contributed by atoms with Gasteiger partial charge in [-0.25, -0.2) is 4.79 Å². The summed E-state index contributed by atoms with van der Waals surface area (Å²) in [5.41, 5.74) is 2.86. The molecule has 7 heteroatoms. The number of carbonyl (C=O) groups is 1. The Hall–Kier alpha value is -2.31. The molecule has 0 saturated heterocycles. The fourth-order valence-corrected chi connectivity index (χ4v) is 2.12. The predicted octanol–water partition coefficient (Wildman–Crippen LogP) is 1.53. The SMILES string of the molecule is CCOC(=O)c1cnn(C)c1COc1c(C)nn(C)c1C. The van der Waals surface area contributed by atoms with Gasteiger partial charge in [-0.15, -0.1) is 0 Å². The van der Waals surface area contributed by atoms with Gasteiger partial charge in [0.25, 0.3) is 0 Å². The molecule has 7 nitrogen and oxygen atoms in total. The van der Waals surface area contributed by atoms with E-state index >= 15 is 0 Å². The first-order chi connectivity index (χ1) is 9.95. The van der Waals surface area contributed by atoms with Crippen molar-refractivity contribution in [1.82, 2.24) is 19.6 Å². The molecule has 0 saturated carbocycles. The van der Waals surface area contributed by atoms with Crippen LogP contribution < -0.4 is 4.74 Å². The molecule has 0 aliphatic heterocycles. The van der Waals surface area contributed by atoms with Crippen molar-refractivity contribution in [1.29, 1.82) is 0 Å². The van der Waals surface area contributed by atoms with Crippen molar-refractivity contribution < 1.29 is 14.3 Å². The van der Waals surface area contributed by atoms with Gasteiger partial charge >= 0.3 is 5.97 Å². The third kappa shape index (κ3) is 2.91. The van der Waals surface area contributed by atoms with E-state index in [9.17, 15) is 4.79 Å². The number of hydrogen-bond acceptors (Lipinski definition) is 5. The first kappa shape index (κ1) is 15.1. The van der Waals surface area contributed by atoms with Crippen molar-refractivity contribution in [3.05, 3.63) is 28.8 Å². The quantitative estimate of drug-likeness (QED) is 0.781. The van der Waals surface area contributed by atoms with E-state index in [-0.39, 0.29) is 12.6 Å². The lowest BCUT2D eigenvalue weighted by molar-refractivity contribution is 0.0523. The number of nitrogens with zero attached hydrogens (tertiary/aromatic N) is 4. The Kier molecular flexibility index (Phi) is 4.30. The van der Waals surface area contributed by atoms with E-state index in [1.165, 1.54) is 6.20 Å². The second-order valence-corrected chi connectivity index (χ2v) is 4.76. The van der Waals surface area contributed by atoms with Crippen molar-refractivity contribution in [2.75, 3.05) is 6.61 Å². The summed E-state index contributed by atoms with van der Waals surface area (Å²) in [4.78, 5) is 11.9. The van der Waals surface area contributed by atoms with Crippen molar-refractivity contribution in [2.24, 2.45) is 14.1 Å². The van der Waals surface area contributed by atoms with Gasteiger partial charge in [0, 0.05) is 14.1 Å². The van der Waals surface area contributed by atoms with E-state index in [1.54, 1.807) is 23.3 Å². The monoisotopic (exact) mass is 292 g/mol. The van der Waals surface area contributed by atoms with Gasteiger partial charge in [0.15, 0.2) is 5.75 Å². The molecule has 0 amide bonds. The highest BCUT2D eigenvalue weighted by molar-refractivity contribution is 5.90. The van der Waals surface area contributed by atoms with Gasteiger partial charge in [0.1, 0.15) is 17.9 Å². The second-order valence-electron chi connectivity index (χ2n) is 4.76. The molecule has 2 aromatic rings. The van der Waals surface area contributed by atoms with Crippen LogP contribution in [0.2, 0.25) is 0 Å². The van der Waals surface area contributed by atoms with Gasteiger partial charge < -0.3 is 9.47 Å². The number of aryl methyl sites for hydroxylation is 3. The van der Waals surface area contributed by atoms with E-state index in [0.717, 1.165) is 17.1 Å². The fourth-order valence-electron chi connectivity index (χ4n) is 2.12. The van der Waals surface area contributed by atoms with E-state index in [2.05, 4.69) is 10.2 Å². The summed E-state index contributed by atoms with van der Waals surface area (Å²) in [7, 11) is 3.63. The topological polar surface area (TPSA) is 71.2 Å². The molecule has 0 atom stereocenters. The van der Waals surface area contributed by atoms with Crippen molar-refractivity contribution >= 4 is 5.97 Å². The third-order valence-corrected chi connectivity index (χ3v) is 3.35. The zero-order valence-corrected chi connectivity index (χ0v) is 13.0. The van der Waals surface area contributed by atoms with Crippen LogP contribution in [0.5, 0.6) is 5.75 Å². The number of aromatic nitrogens is 4. The summed E-state index contributed by atoms with van der Waals surface area (Å²) < 4.78 is 14.2. The van der Waals surface area contributed by atoms with E-state index in [0.29, 0.717) is 17.9 Å². The summed E-state index contributed by atoms with van der Waals surface area (Å²) in [5, 5.41) is 8.39. The molecular weight excluding hydrogens is 272 g/mol. The van der Waals surface area contributed by atoms with Crippen LogP contribution in [0.4, 0.5) is 0 Å². The molecule has 0 radical (unpaired) electrons. The molecule has 0 aliphatic rings. The molecule has 0 aliphatic carbocycles. The minimum absolute atomic E-state index is 0.234. The van der Waals surface area contributed by atoms with Gasteiger partial charge in [-0.2, -0.15) is 10.2 Å². The molecule has 0 unspecified atom stereocenters. The minimum Gasteiger partial charge on any atom is -0.483 e. The predicted molar refractivity (Wildman–Crippen MR) is 76.2 cm³/mol. The number of ether oxygens (including phenoxy) is 2. The first-order valence-corrected chi connectivity index (χ1v) is 6.76.